The minimum atomic E-state index is -3.79. The van der Waals surface area contributed by atoms with Crippen molar-refractivity contribution in [3.63, 3.8) is 0 Å². The molecule has 0 radical (unpaired) electrons. The van der Waals surface area contributed by atoms with E-state index >= 15 is 0 Å². The van der Waals surface area contributed by atoms with Gasteiger partial charge in [-0.25, -0.2) is 13.6 Å². The Bertz CT molecular complexity index is 459. The van der Waals surface area contributed by atoms with Gasteiger partial charge in [0.2, 0.25) is 10.0 Å². The third-order valence-electron chi connectivity index (χ3n) is 2.75. The highest BCUT2D eigenvalue weighted by atomic mass is 32.2. The molecule has 0 fully saturated rings. The van der Waals surface area contributed by atoms with Crippen LogP contribution in [-0.2, 0) is 14.8 Å². The van der Waals surface area contributed by atoms with Gasteiger partial charge in [0, 0.05) is 13.1 Å². The number of nitrogens with two attached hydrogens (primary N) is 1. The number of carbonyl (C=O) groups is 1. The van der Waals surface area contributed by atoms with Crippen molar-refractivity contribution in [3.8, 4) is 0 Å². The molecule has 0 bridgehead atoms. The molecule has 0 unspecified atom stereocenters. The molecule has 1 rings (SSSR count). The molecule has 0 saturated carbocycles. The van der Waals surface area contributed by atoms with Crippen molar-refractivity contribution in [2.75, 3.05) is 13.1 Å². The van der Waals surface area contributed by atoms with E-state index in [1.807, 2.05) is 13.8 Å². The summed E-state index contributed by atoms with van der Waals surface area (Å²) in [5, 5.41) is 5.13. The molecular formula is C11H18N2O3S. The van der Waals surface area contributed by atoms with Crippen LogP contribution in [0.3, 0.4) is 0 Å². The molecule has 0 atom stereocenters. The highest BCUT2D eigenvalue weighted by Gasteiger charge is 2.25. The lowest BCUT2D eigenvalue weighted by molar-refractivity contribution is -0.126. The lowest BCUT2D eigenvalue weighted by Crippen LogP contribution is -2.33. The number of sulfonamides is 1. The van der Waals surface area contributed by atoms with E-state index in [1.54, 1.807) is 17.1 Å². The fourth-order valence-electron chi connectivity index (χ4n) is 1.81. The zero-order valence-electron chi connectivity index (χ0n) is 10.1. The first-order valence-electron chi connectivity index (χ1n) is 5.63. The quantitative estimate of drug-likeness (QED) is 0.808. The Morgan fingerprint density at radius 1 is 1.41 bits per heavy atom. The number of hydrogen-bond donors (Lipinski definition) is 1. The molecule has 0 aromatic rings. The summed E-state index contributed by atoms with van der Waals surface area (Å²) in [6.45, 7) is 4.80. The molecule has 0 aromatic heterocycles. The van der Waals surface area contributed by atoms with Gasteiger partial charge in [-0.05, 0) is 26.7 Å². The van der Waals surface area contributed by atoms with Gasteiger partial charge in [0.1, 0.15) is 0 Å². The van der Waals surface area contributed by atoms with E-state index < -0.39 is 10.0 Å². The lowest BCUT2D eigenvalue weighted by atomic mass is 10.1. The molecule has 6 heteroatoms. The molecule has 0 aromatic carbocycles. The summed E-state index contributed by atoms with van der Waals surface area (Å²) in [6.07, 6.45) is 4.26. The first-order valence-corrected chi connectivity index (χ1v) is 7.18. The van der Waals surface area contributed by atoms with Crippen molar-refractivity contribution in [1.29, 1.82) is 0 Å². The van der Waals surface area contributed by atoms with E-state index in [1.165, 1.54) is 0 Å². The number of carbonyl (C=O) groups excluding carboxylic acids is 1. The second-order valence-electron chi connectivity index (χ2n) is 3.80. The largest absolute Gasteiger partial charge is 0.339 e. The monoisotopic (exact) mass is 258 g/mol. The highest BCUT2D eigenvalue weighted by Crippen LogP contribution is 2.23. The number of amides is 1. The predicted octanol–water partition coefficient (Wildman–Crippen LogP) is 0.747. The molecule has 0 spiro atoms. The van der Waals surface area contributed by atoms with E-state index in [-0.39, 0.29) is 16.4 Å². The Kier molecular flexibility index (Phi) is 4.47. The van der Waals surface area contributed by atoms with Crippen molar-refractivity contribution >= 4 is 15.9 Å². The third kappa shape index (κ3) is 3.17. The number of nitrogens with zero attached hydrogens (tertiary/aromatic N) is 1. The molecule has 1 aliphatic carbocycles. The minimum absolute atomic E-state index is 0.0527. The van der Waals surface area contributed by atoms with Gasteiger partial charge in [-0.2, -0.15) is 0 Å². The number of likely N-dealkylation sites (N-methyl/N-ethyl adjacent to an activating group) is 1. The van der Waals surface area contributed by atoms with E-state index in [9.17, 15) is 13.2 Å². The topological polar surface area (TPSA) is 80.5 Å². The Morgan fingerprint density at radius 2 is 2.00 bits per heavy atom. The molecule has 1 aliphatic rings. The number of primary sulfonamides is 1. The zero-order chi connectivity index (χ0) is 13.1. The summed E-state index contributed by atoms with van der Waals surface area (Å²) in [7, 11) is -3.79. The first kappa shape index (κ1) is 13.9. The van der Waals surface area contributed by atoms with Gasteiger partial charge in [0.15, 0.2) is 0 Å². The van der Waals surface area contributed by atoms with Crippen LogP contribution in [0.15, 0.2) is 22.6 Å². The molecule has 5 nitrogen and oxygen atoms in total. The maximum Gasteiger partial charge on any atom is 0.254 e. The fourth-order valence-corrected chi connectivity index (χ4v) is 2.67. The normalized spacial score (nSPS) is 16.2. The van der Waals surface area contributed by atoms with Gasteiger partial charge < -0.3 is 4.90 Å². The predicted molar refractivity (Wildman–Crippen MR) is 66.4 cm³/mol. The molecular weight excluding hydrogens is 240 g/mol. The van der Waals surface area contributed by atoms with Crippen molar-refractivity contribution in [2.24, 2.45) is 5.14 Å². The molecule has 96 valence electrons. The number of allylic oxidation sites excluding steroid dienone is 2. The maximum absolute atomic E-state index is 12.1. The number of rotatable bonds is 4. The summed E-state index contributed by atoms with van der Waals surface area (Å²) < 4.78 is 22.8. The van der Waals surface area contributed by atoms with E-state index in [4.69, 9.17) is 5.14 Å². The van der Waals surface area contributed by atoms with Gasteiger partial charge in [0.05, 0.1) is 10.5 Å². The van der Waals surface area contributed by atoms with Gasteiger partial charge in [-0.15, -0.1) is 0 Å². The molecule has 0 saturated heterocycles. The van der Waals surface area contributed by atoms with Gasteiger partial charge in [-0.1, -0.05) is 12.2 Å². The molecule has 0 aliphatic heterocycles. The maximum atomic E-state index is 12.1. The zero-order valence-corrected chi connectivity index (χ0v) is 11.0. The highest BCUT2D eigenvalue weighted by molar-refractivity contribution is 7.93. The van der Waals surface area contributed by atoms with E-state index in [2.05, 4.69) is 0 Å². The van der Waals surface area contributed by atoms with Gasteiger partial charge in [0.25, 0.3) is 5.91 Å². The minimum Gasteiger partial charge on any atom is -0.339 e. The summed E-state index contributed by atoms with van der Waals surface area (Å²) in [6, 6.07) is 0. The summed E-state index contributed by atoms with van der Waals surface area (Å²) >= 11 is 0. The van der Waals surface area contributed by atoms with Crippen molar-refractivity contribution in [2.45, 2.75) is 26.7 Å². The van der Waals surface area contributed by atoms with Crippen LogP contribution in [0.25, 0.3) is 0 Å². The van der Waals surface area contributed by atoms with Gasteiger partial charge >= 0.3 is 0 Å². The van der Waals surface area contributed by atoms with Gasteiger partial charge in [-0.3, -0.25) is 4.79 Å². The summed E-state index contributed by atoms with van der Waals surface area (Å²) in [5.74, 6) is -0.269. The van der Waals surface area contributed by atoms with Crippen LogP contribution in [0.5, 0.6) is 0 Å². The van der Waals surface area contributed by atoms with Crippen LogP contribution in [0, 0.1) is 0 Å². The van der Waals surface area contributed by atoms with Crippen LogP contribution in [0.4, 0.5) is 0 Å². The summed E-state index contributed by atoms with van der Waals surface area (Å²) in [5.41, 5.74) is 0.211. The Labute approximate surface area is 102 Å². The van der Waals surface area contributed by atoms with E-state index in [0.29, 0.717) is 25.9 Å². The number of hydrogen-bond acceptors (Lipinski definition) is 3. The molecule has 1 amide bonds. The average molecular weight is 258 g/mol. The third-order valence-corrected chi connectivity index (χ3v) is 3.86. The Balaban J connectivity index is 3.20. The molecule has 0 heterocycles. The van der Waals surface area contributed by atoms with Crippen LogP contribution >= 0.6 is 0 Å². The van der Waals surface area contributed by atoms with Crippen LogP contribution < -0.4 is 5.14 Å². The Hall–Kier alpha value is -1.14. The summed E-state index contributed by atoms with van der Waals surface area (Å²) in [4.78, 5) is 13.7. The van der Waals surface area contributed by atoms with Crippen molar-refractivity contribution < 1.29 is 13.2 Å². The Morgan fingerprint density at radius 3 is 2.47 bits per heavy atom. The SMILES string of the molecule is CCN(CC)C(=O)C1=C(S(N)(=O)=O)CCC=C1. The second-order valence-corrected chi connectivity index (χ2v) is 5.38. The van der Waals surface area contributed by atoms with Crippen molar-refractivity contribution in [3.05, 3.63) is 22.6 Å². The molecule has 2 N–H and O–H groups in total. The van der Waals surface area contributed by atoms with Crippen LogP contribution in [0.1, 0.15) is 26.7 Å². The lowest BCUT2D eigenvalue weighted by Gasteiger charge is -2.22. The fraction of sp³-hybridized carbons (Fsp3) is 0.545. The van der Waals surface area contributed by atoms with Crippen molar-refractivity contribution in [1.82, 2.24) is 4.90 Å². The standard InChI is InChI=1S/C11H18N2O3S/c1-3-13(4-2)11(14)9-7-5-6-8-10(9)17(12,15)16/h5,7H,3-4,6,8H2,1-2H3,(H2,12,15,16). The second kappa shape index (κ2) is 5.46. The smallest absolute Gasteiger partial charge is 0.254 e. The van der Waals surface area contributed by atoms with Crippen LogP contribution in [0.2, 0.25) is 0 Å². The molecule has 17 heavy (non-hydrogen) atoms. The first-order chi connectivity index (χ1) is 7.91. The average Bonchev–Trinajstić information content (AvgIpc) is 2.29. The van der Waals surface area contributed by atoms with E-state index in [0.717, 1.165) is 0 Å². The van der Waals surface area contributed by atoms with Crippen LogP contribution in [-0.4, -0.2) is 32.3 Å².